The van der Waals surface area contributed by atoms with Crippen molar-refractivity contribution in [3.8, 4) is 11.4 Å². The first-order chi connectivity index (χ1) is 8.27. The van der Waals surface area contributed by atoms with Gasteiger partial charge in [0.05, 0.1) is 5.69 Å². The summed E-state index contributed by atoms with van der Waals surface area (Å²) in [5, 5.41) is 0. The fourth-order valence-electron chi connectivity index (χ4n) is 1.90. The Labute approximate surface area is 102 Å². The minimum atomic E-state index is 0.684. The fraction of sp³-hybridized carbons (Fsp3) is 0.214. The number of anilines is 1. The molecule has 0 saturated heterocycles. The Morgan fingerprint density at radius 3 is 2.65 bits per heavy atom. The Balaban J connectivity index is 2.56. The van der Waals surface area contributed by atoms with Crippen LogP contribution in [0.3, 0.4) is 0 Å². The number of hydrogen-bond acceptors (Lipinski definition) is 2. The molecule has 88 valence electrons. The van der Waals surface area contributed by atoms with Gasteiger partial charge in [-0.2, -0.15) is 0 Å². The van der Waals surface area contributed by atoms with E-state index in [1.54, 1.807) is 0 Å². The summed E-state index contributed by atoms with van der Waals surface area (Å²) in [6, 6.07) is 10.1. The zero-order valence-corrected chi connectivity index (χ0v) is 10.1. The number of nitrogens with zero attached hydrogens (tertiary/aromatic N) is 2. The van der Waals surface area contributed by atoms with Gasteiger partial charge >= 0.3 is 0 Å². The van der Waals surface area contributed by atoms with E-state index in [2.05, 4.69) is 18.5 Å². The average Bonchev–Trinajstić information content (AvgIpc) is 2.69. The van der Waals surface area contributed by atoms with Crippen LogP contribution in [-0.4, -0.2) is 9.55 Å². The monoisotopic (exact) mass is 227 g/mol. The van der Waals surface area contributed by atoms with Crippen molar-refractivity contribution in [1.29, 1.82) is 0 Å². The van der Waals surface area contributed by atoms with Gasteiger partial charge in [-0.25, -0.2) is 4.98 Å². The minimum absolute atomic E-state index is 0.684. The van der Waals surface area contributed by atoms with E-state index in [0.717, 1.165) is 29.3 Å². The van der Waals surface area contributed by atoms with Gasteiger partial charge in [0.25, 0.3) is 0 Å². The molecule has 3 heteroatoms. The van der Waals surface area contributed by atoms with Crippen molar-refractivity contribution in [2.45, 2.75) is 19.9 Å². The number of imidazole rings is 1. The van der Waals surface area contributed by atoms with Gasteiger partial charge < -0.3 is 10.3 Å². The maximum absolute atomic E-state index is 6.09. The Bertz CT molecular complexity index is 512. The van der Waals surface area contributed by atoms with E-state index >= 15 is 0 Å². The Kier molecular flexibility index (Phi) is 3.28. The van der Waals surface area contributed by atoms with Crippen LogP contribution < -0.4 is 5.73 Å². The molecule has 0 fully saturated rings. The maximum Gasteiger partial charge on any atom is 0.142 e. The molecular weight excluding hydrogens is 210 g/mol. The second-order valence-corrected chi connectivity index (χ2v) is 3.89. The predicted octanol–water partition coefficient (Wildman–Crippen LogP) is 2.88. The second kappa shape index (κ2) is 4.87. The first-order valence-electron chi connectivity index (χ1n) is 5.79. The number of aromatic nitrogens is 2. The quantitative estimate of drug-likeness (QED) is 0.816. The number of hydrogen-bond donors (Lipinski definition) is 1. The molecular formula is C14H17N3. The zero-order valence-electron chi connectivity index (χ0n) is 10.1. The van der Waals surface area contributed by atoms with Crippen LogP contribution in [0, 0.1) is 0 Å². The van der Waals surface area contributed by atoms with E-state index in [4.69, 9.17) is 5.73 Å². The van der Waals surface area contributed by atoms with Crippen LogP contribution in [0.4, 0.5) is 5.82 Å². The molecule has 1 aromatic carbocycles. The molecule has 0 bridgehead atoms. The van der Waals surface area contributed by atoms with E-state index in [-0.39, 0.29) is 0 Å². The molecule has 0 aliphatic rings. The molecule has 17 heavy (non-hydrogen) atoms. The molecule has 2 aromatic rings. The number of nitrogens with two attached hydrogens (primary N) is 1. The summed E-state index contributed by atoms with van der Waals surface area (Å²) < 4.78 is 2.00. The first kappa shape index (κ1) is 11.5. The molecule has 0 unspecified atom stereocenters. The van der Waals surface area contributed by atoms with E-state index in [1.807, 2.05) is 41.0 Å². The van der Waals surface area contributed by atoms with Crippen LogP contribution >= 0.6 is 0 Å². The Morgan fingerprint density at radius 1 is 1.35 bits per heavy atom. The largest absolute Gasteiger partial charge is 0.384 e. The average molecular weight is 227 g/mol. The SMILES string of the molecule is C=CCn1c(-c2ccccc2)nc(CC)c1N. The highest BCUT2D eigenvalue weighted by molar-refractivity contribution is 5.60. The molecule has 2 N–H and O–H groups in total. The van der Waals surface area contributed by atoms with Gasteiger partial charge in [-0.3, -0.25) is 0 Å². The van der Waals surface area contributed by atoms with Crippen molar-refractivity contribution in [3.05, 3.63) is 48.7 Å². The number of rotatable bonds is 4. The number of benzene rings is 1. The minimum Gasteiger partial charge on any atom is -0.384 e. The summed E-state index contributed by atoms with van der Waals surface area (Å²) in [4.78, 5) is 4.61. The number of aryl methyl sites for hydroxylation is 1. The van der Waals surface area contributed by atoms with Crippen molar-refractivity contribution in [3.63, 3.8) is 0 Å². The van der Waals surface area contributed by atoms with E-state index in [0.29, 0.717) is 6.54 Å². The van der Waals surface area contributed by atoms with Gasteiger partial charge in [0.15, 0.2) is 0 Å². The highest BCUT2D eigenvalue weighted by atomic mass is 15.1. The molecule has 1 heterocycles. The lowest BCUT2D eigenvalue weighted by Gasteiger charge is -2.06. The third-order valence-electron chi connectivity index (χ3n) is 2.76. The molecule has 0 spiro atoms. The third kappa shape index (κ3) is 2.09. The summed E-state index contributed by atoms with van der Waals surface area (Å²) in [5.41, 5.74) is 8.12. The molecule has 0 amide bonds. The normalized spacial score (nSPS) is 10.4. The van der Waals surface area contributed by atoms with Crippen molar-refractivity contribution in [1.82, 2.24) is 9.55 Å². The van der Waals surface area contributed by atoms with Crippen LogP contribution in [0.15, 0.2) is 43.0 Å². The molecule has 0 aliphatic heterocycles. The van der Waals surface area contributed by atoms with Crippen LogP contribution in [0.5, 0.6) is 0 Å². The lowest BCUT2D eigenvalue weighted by atomic mass is 10.2. The van der Waals surface area contributed by atoms with Crippen molar-refractivity contribution >= 4 is 5.82 Å². The molecule has 0 aliphatic carbocycles. The smallest absolute Gasteiger partial charge is 0.142 e. The van der Waals surface area contributed by atoms with Crippen LogP contribution in [0.2, 0.25) is 0 Å². The van der Waals surface area contributed by atoms with E-state index < -0.39 is 0 Å². The second-order valence-electron chi connectivity index (χ2n) is 3.89. The fourth-order valence-corrected chi connectivity index (χ4v) is 1.90. The van der Waals surface area contributed by atoms with Crippen molar-refractivity contribution < 1.29 is 0 Å². The number of nitrogen functional groups attached to an aromatic ring is 1. The first-order valence-corrected chi connectivity index (χ1v) is 5.79. The molecule has 0 atom stereocenters. The third-order valence-corrected chi connectivity index (χ3v) is 2.76. The molecule has 1 aromatic heterocycles. The molecule has 0 radical (unpaired) electrons. The van der Waals surface area contributed by atoms with Crippen molar-refractivity contribution in [2.24, 2.45) is 0 Å². The van der Waals surface area contributed by atoms with Gasteiger partial charge in [-0.1, -0.05) is 43.3 Å². The number of allylic oxidation sites excluding steroid dienone is 1. The summed E-state index contributed by atoms with van der Waals surface area (Å²) >= 11 is 0. The predicted molar refractivity (Wildman–Crippen MR) is 71.7 cm³/mol. The van der Waals surface area contributed by atoms with Gasteiger partial charge in [-0.15, -0.1) is 6.58 Å². The van der Waals surface area contributed by atoms with Gasteiger partial charge in [-0.05, 0) is 6.42 Å². The molecule has 2 rings (SSSR count). The van der Waals surface area contributed by atoms with Crippen molar-refractivity contribution in [2.75, 3.05) is 5.73 Å². The maximum atomic E-state index is 6.09. The summed E-state index contributed by atoms with van der Waals surface area (Å²) in [6.45, 7) is 6.51. The standard InChI is InChI=1S/C14H17N3/c1-3-10-17-13(15)12(4-2)16-14(17)11-8-6-5-7-9-11/h3,5-9H,1,4,10,15H2,2H3. The lowest BCUT2D eigenvalue weighted by Crippen LogP contribution is -2.03. The highest BCUT2D eigenvalue weighted by Crippen LogP contribution is 2.24. The van der Waals surface area contributed by atoms with Gasteiger partial charge in [0.2, 0.25) is 0 Å². The van der Waals surface area contributed by atoms with Crippen LogP contribution in [0.1, 0.15) is 12.6 Å². The zero-order chi connectivity index (χ0) is 12.3. The molecule has 0 saturated carbocycles. The highest BCUT2D eigenvalue weighted by Gasteiger charge is 2.13. The van der Waals surface area contributed by atoms with E-state index in [1.165, 1.54) is 0 Å². The Hall–Kier alpha value is -2.03. The Morgan fingerprint density at radius 2 is 2.06 bits per heavy atom. The molecule has 3 nitrogen and oxygen atoms in total. The summed E-state index contributed by atoms with van der Waals surface area (Å²) in [7, 11) is 0. The van der Waals surface area contributed by atoms with Crippen LogP contribution in [0.25, 0.3) is 11.4 Å². The topological polar surface area (TPSA) is 43.8 Å². The van der Waals surface area contributed by atoms with Gasteiger partial charge in [0.1, 0.15) is 11.6 Å². The van der Waals surface area contributed by atoms with E-state index in [9.17, 15) is 0 Å². The lowest BCUT2D eigenvalue weighted by molar-refractivity contribution is 0.842. The summed E-state index contributed by atoms with van der Waals surface area (Å²) in [6.07, 6.45) is 2.68. The summed E-state index contributed by atoms with van der Waals surface area (Å²) in [5.74, 6) is 1.66. The van der Waals surface area contributed by atoms with Crippen LogP contribution in [-0.2, 0) is 13.0 Å². The van der Waals surface area contributed by atoms with Gasteiger partial charge in [0, 0.05) is 12.1 Å².